The number of rotatable bonds is 5. The molecule has 0 spiro atoms. The van der Waals surface area contributed by atoms with E-state index < -0.39 is 0 Å². The number of hydrogen-bond acceptors (Lipinski definition) is 4. The second-order valence-electron chi connectivity index (χ2n) is 6.05. The maximum Gasteiger partial charge on any atom is 0.223 e. The molecular formula is C19H23N3O2. The number of anilines is 1. The van der Waals surface area contributed by atoms with Crippen LogP contribution in [0.3, 0.4) is 0 Å². The smallest absolute Gasteiger partial charge is 0.223 e. The number of ether oxygens (including phenoxy) is 1. The van der Waals surface area contributed by atoms with Crippen LogP contribution in [0, 0.1) is 12.8 Å². The lowest BCUT2D eigenvalue weighted by molar-refractivity contribution is -0.125. The maximum atomic E-state index is 12.4. The number of amides is 1. The van der Waals surface area contributed by atoms with Crippen molar-refractivity contribution >= 4 is 11.6 Å². The zero-order valence-corrected chi connectivity index (χ0v) is 13.9. The van der Waals surface area contributed by atoms with E-state index >= 15 is 0 Å². The standard InChI is InChI=1S/C19H23N3O2/c1-14-13-20-8-6-17(14)21-9-10-22-19(23)16-7-11-24-18-5-3-2-4-15(18)12-16/h2-6,8,13,16H,7,9-12H2,1H3,(H,20,21)(H,22,23)/t16-/m0/s1. The molecule has 0 saturated heterocycles. The third-order valence-corrected chi connectivity index (χ3v) is 4.29. The van der Waals surface area contributed by atoms with Gasteiger partial charge in [-0.25, -0.2) is 0 Å². The summed E-state index contributed by atoms with van der Waals surface area (Å²) in [5, 5.41) is 6.35. The Labute approximate surface area is 142 Å². The lowest BCUT2D eigenvalue weighted by Crippen LogP contribution is -2.35. The summed E-state index contributed by atoms with van der Waals surface area (Å²) < 4.78 is 5.73. The van der Waals surface area contributed by atoms with Gasteiger partial charge in [0.05, 0.1) is 6.61 Å². The van der Waals surface area contributed by atoms with Gasteiger partial charge >= 0.3 is 0 Å². The number of aromatic nitrogens is 1. The monoisotopic (exact) mass is 325 g/mol. The van der Waals surface area contributed by atoms with Gasteiger partial charge < -0.3 is 15.4 Å². The minimum Gasteiger partial charge on any atom is -0.493 e. The van der Waals surface area contributed by atoms with E-state index in [1.54, 1.807) is 6.20 Å². The lowest BCUT2D eigenvalue weighted by atomic mass is 9.96. The molecule has 0 aliphatic carbocycles. The SMILES string of the molecule is Cc1cnccc1NCCNC(=O)[C@H]1CCOc2ccccc2C1. The average molecular weight is 325 g/mol. The summed E-state index contributed by atoms with van der Waals surface area (Å²) in [6.07, 6.45) is 5.07. The van der Waals surface area contributed by atoms with Gasteiger partial charge in [-0.2, -0.15) is 0 Å². The van der Waals surface area contributed by atoms with Crippen LogP contribution in [0.2, 0.25) is 0 Å². The molecule has 0 bridgehead atoms. The lowest BCUT2D eigenvalue weighted by Gasteiger charge is -2.15. The highest BCUT2D eigenvalue weighted by Gasteiger charge is 2.23. The first-order valence-corrected chi connectivity index (χ1v) is 8.37. The van der Waals surface area contributed by atoms with Gasteiger partial charge in [-0.05, 0) is 43.0 Å². The summed E-state index contributed by atoms with van der Waals surface area (Å²) in [4.78, 5) is 16.5. The molecule has 1 amide bonds. The highest BCUT2D eigenvalue weighted by Crippen LogP contribution is 2.26. The van der Waals surface area contributed by atoms with Gasteiger partial charge in [0.15, 0.2) is 0 Å². The van der Waals surface area contributed by atoms with Crippen LogP contribution in [0.4, 0.5) is 5.69 Å². The third kappa shape index (κ3) is 4.04. The van der Waals surface area contributed by atoms with Crippen LogP contribution in [0.1, 0.15) is 17.5 Å². The van der Waals surface area contributed by atoms with Crippen LogP contribution in [0.5, 0.6) is 5.75 Å². The van der Waals surface area contributed by atoms with Crippen LogP contribution in [0.15, 0.2) is 42.7 Å². The second-order valence-corrected chi connectivity index (χ2v) is 6.05. The fourth-order valence-corrected chi connectivity index (χ4v) is 2.91. The Morgan fingerprint density at radius 1 is 1.29 bits per heavy atom. The minimum atomic E-state index is -0.0312. The molecule has 0 saturated carbocycles. The van der Waals surface area contributed by atoms with Crippen molar-refractivity contribution in [1.29, 1.82) is 0 Å². The molecule has 1 aliphatic rings. The van der Waals surface area contributed by atoms with E-state index in [0.717, 1.165) is 35.4 Å². The number of carbonyl (C=O) groups is 1. The third-order valence-electron chi connectivity index (χ3n) is 4.29. The van der Waals surface area contributed by atoms with Crippen molar-refractivity contribution < 1.29 is 9.53 Å². The summed E-state index contributed by atoms with van der Waals surface area (Å²) in [7, 11) is 0. The maximum absolute atomic E-state index is 12.4. The van der Waals surface area contributed by atoms with Crippen LogP contribution in [-0.4, -0.2) is 30.6 Å². The average Bonchev–Trinajstić information content (AvgIpc) is 2.82. The van der Waals surface area contributed by atoms with Crippen LogP contribution in [-0.2, 0) is 11.2 Å². The van der Waals surface area contributed by atoms with Gasteiger partial charge in [-0.15, -0.1) is 0 Å². The quantitative estimate of drug-likeness (QED) is 0.829. The highest BCUT2D eigenvalue weighted by atomic mass is 16.5. The Hall–Kier alpha value is -2.56. The Balaban J connectivity index is 1.48. The Morgan fingerprint density at radius 3 is 3.04 bits per heavy atom. The first kappa shape index (κ1) is 16.3. The van der Waals surface area contributed by atoms with E-state index in [4.69, 9.17) is 4.74 Å². The summed E-state index contributed by atoms with van der Waals surface area (Å²) in [5.74, 6) is 0.975. The number of para-hydroxylation sites is 1. The largest absolute Gasteiger partial charge is 0.493 e. The fourth-order valence-electron chi connectivity index (χ4n) is 2.91. The molecule has 1 aromatic carbocycles. The van der Waals surface area contributed by atoms with Crippen molar-refractivity contribution in [2.75, 3.05) is 25.0 Å². The first-order valence-electron chi connectivity index (χ1n) is 8.37. The highest BCUT2D eigenvalue weighted by molar-refractivity contribution is 5.79. The molecular weight excluding hydrogens is 302 g/mol. The molecule has 2 heterocycles. The van der Waals surface area contributed by atoms with Gasteiger partial charge in [0.2, 0.25) is 5.91 Å². The number of nitrogens with one attached hydrogen (secondary N) is 2. The van der Waals surface area contributed by atoms with Crippen molar-refractivity contribution in [3.63, 3.8) is 0 Å². The fraction of sp³-hybridized carbons (Fsp3) is 0.368. The van der Waals surface area contributed by atoms with Crippen molar-refractivity contribution in [3.05, 3.63) is 53.9 Å². The summed E-state index contributed by atoms with van der Waals surface area (Å²) in [6, 6.07) is 9.90. The predicted octanol–water partition coefficient (Wildman–Crippen LogP) is 2.56. The summed E-state index contributed by atoms with van der Waals surface area (Å²) >= 11 is 0. The van der Waals surface area contributed by atoms with Crippen LogP contribution >= 0.6 is 0 Å². The Morgan fingerprint density at radius 2 is 2.17 bits per heavy atom. The van der Waals surface area contributed by atoms with Crippen molar-refractivity contribution in [2.24, 2.45) is 5.92 Å². The molecule has 1 aliphatic heterocycles. The van der Waals surface area contributed by atoms with Gasteiger partial charge in [-0.3, -0.25) is 9.78 Å². The van der Waals surface area contributed by atoms with Gasteiger partial charge in [-0.1, -0.05) is 18.2 Å². The van der Waals surface area contributed by atoms with Crippen molar-refractivity contribution in [3.8, 4) is 5.75 Å². The molecule has 0 unspecified atom stereocenters. The zero-order chi connectivity index (χ0) is 16.8. The van der Waals surface area contributed by atoms with Crippen molar-refractivity contribution in [1.82, 2.24) is 10.3 Å². The van der Waals surface area contributed by atoms with Crippen molar-refractivity contribution in [2.45, 2.75) is 19.8 Å². The molecule has 5 nitrogen and oxygen atoms in total. The molecule has 24 heavy (non-hydrogen) atoms. The van der Waals surface area contributed by atoms with Crippen LogP contribution < -0.4 is 15.4 Å². The number of pyridine rings is 1. The van der Waals surface area contributed by atoms with Gasteiger partial charge in [0.1, 0.15) is 5.75 Å². The summed E-state index contributed by atoms with van der Waals surface area (Å²) in [5.41, 5.74) is 3.26. The Kier molecular flexibility index (Phi) is 5.31. The normalized spacial score (nSPS) is 16.5. The van der Waals surface area contributed by atoms with E-state index in [1.807, 2.05) is 43.5 Å². The zero-order valence-electron chi connectivity index (χ0n) is 13.9. The molecule has 1 aromatic heterocycles. The predicted molar refractivity (Wildman–Crippen MR) is 94.2 cm³/mol. The molecule has 126 valence electrons. The Bertz CT molecular complexity index is 703. The second kappa shape index (κ2) is 7.81. The molecule has 0 fully saturated rings. The minimum absolute atomic E-state index is 0.0312. The van der Waals surface area contributed by atoms with E-state index in [2.05, 4.69) is 15.6 Å². The van der Waals surface area contributed by atoms with E-state index in [9.17, 15) is 4.79 Å². The van der Waals surface area contributed by atoms with Gasteiger partial charge in [0, 0.05) is 37.1 Å². The van der Waals surface area contributed by atoms with E-state index in [1.165, 1.54) is 0 Å². The first-order chi connectivity index (χ1) is 11.7. The number of aryl methyl sites for hydroxylation is 1. The number of nitrogens with zero attached hydrogens (tertiary/aromatic N) is 1. The molecule has 2 N–H and O–H groups in total. The molecule has 3 rings (SSSR count). The summed E-state index contributed by atoms with van der Waals surface area (Å²) in [6.45, 7) is 3.89. The molecule has 0 radical (unpaired) electrons. The van der Waals surface area contributed by atoms with Crippen LogP contribution in [0.25, 0.3) is 0 Å². The molecule has 1 atom stereocenters. The van der Waals surface area contributed by atoms with E-state index in [0.29, 0.717) is 19.7 Å². The molecule has 5 heteroatoms. The topological polar surface area (TPSA) is 63.2 Å². The number of hydrogen-bond donors (Lipinski definition) is 2. The van der Waals surface area contributed by atoms with Gasteiger partial charge in [0.25, 0.3) is 0 Å². The number of fused-ring (bicyclic) bond motifs is 1. The number of benzene rings is 1. The van der Waals surface area contributed by atoms with E-state index in [-0.39, 0.29) is 11.8 Å². The molecule has 2 aromatic rings. The number of carbonyl (C=O) groups excluding carboxylic acids is 1.